The molecule has 60 valence electrons. The highest BCUT2D eigenvalue weighted by Gasteiger charge is 2.33. The monoisotopic (exact) mass is 143 g/mol. The van der Waals surface area contributed by atoms with Crippen LogP contribution in [0.5, 0.6) is 0 Å². The number of hydrogen-bond acceptors (Lipinski definition) is 2. The lowest BCUT2D eigenvalue weighted by molar-refractivity contribution is -0.322. The highest BCUT2D eigenvalue weighted by atomic mass is 16.4. The number of rotatable bonds is 1. The van der Waals surface area contributed by atoms with Crippen LogP contribution in [-0.2, 0) is 4.79 Å². The lowest BCUT2D eigenvalue weighted by atomic mass is 9.69. The number of carboxylic acid groups (broad SMARTS) is 1. The number of aliphatic carboxylic acids is 1. The third kappa shape index (κ3) is 1.49. The first-order chi connectivity index (χ1) is 4.19. The molecular weight excluding hydrogens is 128 g/mol. The highest BCUT2D eigenvalue weighted by Crippen LogP contribution is 2.36. The van der Waals surface area contributed by atoms with E-state index in [1.54, 1.807) is 13.8 Å². The van der Waals surface area contributed by atoms with Gasteiger partial charge in [0.1, 0.15) is 0 Å². The Kier molecular flexibility index (Phi) is 2.14. The van der Waals surface area contributed by atoms with Gasteiger partial charge in [-0.15, -0.1) is 0 Å². The minimum atomic E-state index is -0.986. The van der Waals surface area contributed by atoms with Gasteiger partial charge < -0.3 is 9.90 Å². The van der Waals surface area contributed by atoms with E-state index in [9.17, 15) is 9.90 Å². The molecule has 0 atom stereocenters. The average molecular weight is 143 g/mol. The summed E-state index contributed by atoms with van der Waals surface area (Å²) in [6, 6.07) is 0. The van der Waals surface area contributed by atoms with E-state index in [1.165, 1.54) is 0 Å². The molecule has 0 saturated heterocycles. The van der Waals surface area contributed by atoms with E-state index in [4.69, 9.17) is 0 Å². The van der Waals surface area contributed by atoms with Gasteiger partial charge in [0, 0.05) is 11.4 Å². The Morgan fingerprint density at radius 3 is 1.40 bits per heavy atom. The molecule has 0 aromatic heterocycles. The normalized spacial score (nSPS) is 13.3. The Hall–Kier alpha value is -0.530. The van der Waals surface area contributed by atoms with E-state index in [0.29, 0.717) is 0 Å². The molecule has 0 aromatic rings. The number of carbonyl (C=O) groups excluding carboxylic acids is 1. The molecule has 0 aromatic carbocycles. The summed E-state index contributed by atoms with van der Waals surface area (Å²) in [5.74, 6) is -0.986. The van der Waals surface area contributed by atoms with Crippen molar-refractivity contribution in [1.82, 2.24) is 0 Å². The van der Waals surface area contributed by atoms with Crippen LogP contribution in [0, 0.1) is 10.8 Å². The van der Waals surface area contributed by atoms with Gasteiger partial charge in [0.25, 0.3) is 0 Å². The van der Waals surface area contributed by atoms with E-state index in [1.807, 2.05) is 20.8 Å². The van der Waals surface area contributed by atoms with Crippen molar-refractivity contribution in [3.8, 4) is 0 Å². The zero-order chi connectivity index (χ0) is 8.58. The molecule has 0 fully saturated rings. The Morgan fingerprint density at radius 1 is 1.10 bits per heavy atom. The quantitative estimate of drug-likeness (QED) is 0.545. The van der Waals surface area contributed by atoms with Gasteiger partial charge in [-0.25, -0.2) is 0 Å². The summed E-state index contributed by atoms with van der Waals surface area (Å²) in [6.07, 6.45) is 0. The van der Waals surface area contributed by atoms with Crippen molar-refractivity contribution in [2.24, 2.45) is 10.8 Å². The van der Waals surface area contributed by atoms with Gasteiger partial charge in [-0.1, -0.05) is 34.6 Å². The fourth-order valence-corrected chi connectivity index (χ4v) is 0.306. The molecule has 0 heterocycles. The zero-order valence-corrected chi connectivity index (χ0v) is 7.32. The maximum absolute atomic E-state index is 10.6. The molecule has 2 nitrogen and oxygen atoms in total. The van der Waals surface area contributed by atoms with Crippen molar-refractivity contribution in [3.05, 3.63) is 0 Å². The molecule has 0 aliphatic heterocycles. The van der Waals surface area contributed by atoms with Crippen LogP contribution in [-0.4, -0.2) is 5.97 Å². The second kappa shape index (κ2) is 2.26. The van der Waals surface area contributed by atoms with Crippen molar-refractivity contribution in [2.45, 2.75) is 34.6 Å². The van der Waals surface area contributed by atoms with E-state index in [2.05, 4.69) is 0 Å². The molecule has 0 amide bonds. The fourth-order valence-electron chi connectivity index (χ4n) is 0.306. The van der Waals surface area contributed by atoms with Crippen molar-refractivity contribution < 1.29 is 9.90 Å². The predicted octanol–water partition coefficient (Wildman–Crippen LogP) is 0.809. The van der Waals surface area contributed by atoms with Crippen molar-refractivity contribution in [2.75, 3.05) is 0 Å². The fraction of sp³-hybridized carbons (Fsp3) is 0.875. The summed E-state index contributed by atoms with van der Waals surface area (Å²) < 4.78 is 0. The number of hydrogen-bond donors (Lipinski definition) is 0. The van der Waals surface area contributed by atoms with E-state index >= 15 is 0 Å². The maximum atomic E-state index is 10.6. The molecule has 0 radical (unpaired) electrons. The molecule has 0 N–H and O–H groups in total. The second-order valence-electron chi connectivity index (χ2n) is 4.16. The molecule has 0 bridgehead atoms. The van der Waals surface area contributed by atoms with Gasteiger partial charge in [-0.2, -0.15) is 0 Å². The van der Waals surface area contributed by atoms with Crippen LogP contribution in [0.25, 0.3) is 0 Å². The summed E-state index contributed by atoms with van der Waals surface area (Å²) in [4.78, 5) is 10.6. The zero-order valence-electron chi connectivity index (χ0n) is 7.32. The molecule has 0 rings (SSSR count). The topological polar surface area (TPSA) is 40.1 Å². The van der Waals surface area contributed by atoms with Crippen LogP contribution in [0.4, 0.5) is 0 Å². The van der Waals surface area contributed by atoms with E-state index in [0.717, 1.165) is 0 Å². The molecule has 0 aliphatic rings. The Bertz CT molecular complexity index is 140. The van der Waals surface area contributed by atoms with E-state index in [-0.39, 0.29) is 5.41 Å². The average Bonchev–Trinajstić information content (AvgIpc) is 1.62. The van der Waals surface area contributed by atoms with E-state index < -0.39 is 11.4 Å². The molecule has 0 unspecified atom stereocenters. The van der Waals surface area contributed by atoms with Gasteiger partial charge in [0.05, 0.1) is 0 Å². The summed E-state index contributed by atoms with van der Waals surface area (Å²) >= 11 is 0. The Morgan fingerprint density at radius 2 is 1.40 bits per heavy atom. The van der Waals surface area contributed by atoms with Crippen LogP contribution in [0.1, 0.15) is 34.6 Å². The SMILES string of the molecule is CC(C)(C)C(C)(C)C(=O)[O-]. The third-order valence-electron chi connectivity index (χ3n) is 2.39. The van der Waals surface area contributed by atoms with Gasteiger partial charge in [0.2, 0.25) is 0 Å². The summed E-state index contributed by atoms with van der Waals surface area (Å²) in [7, 11) is 0. The van der Waals surface area contributed by atoms with Crippen LogP contribution in [0.2, 0.25) is 0 Å². The molecule has 10 heavy (non-hydrogen) atoms. The lowest BCUT2D eigenvalue weighted by Gasteiger charge is -2.39. The van der Waals surface area contributed by atoms with Gasteiger partial charge in [0.15, 0.2) is 0 Å². The van der Waals surface area contributed by atoms with Crippen LogP contribution in [0.3, 0.4) is 0 Å². The number of carbonyl (C=O) groups is 1. The van der Waals surface area contributed by atoms with Crippen LogP contribution >= 0.6 is 0 Å². The van der Waals surface area contributed by atoms with Gasteiger partial charge in [-0.3, -0.25) is 0 Å². The Balaban J connectivity index is 4.57. The first-order valence-corrected chi connectivity index (χ1v) is 3.41. The van der Waals surface area contributed by atoms with Crippen LogP contribution < -0.4 is 5.11 Å². The summed E-state index contributed by atoms with van der Waals surface area (Å²) in [5, 5.41) is 10.6. The first-order valence-electron chi connectivity index (χ1n) is 3.41. The third-order valence-corrected chi connectivity index (χ3v) is 2.39. The molecule has 0 saturated carbocycles. The first kappa shape index (κ1) is 9.47. The highest BCUT2D eigenvalue weighted by molar-refractivity contribution is 5.72. The predicted molar refractivity (Wildman–Crippen MR) is 38.2 cm³/mol. The maximum Gasteiger partial charge on any atom is 0.0475 e. The summed E-state index contributed by atoms with van der Waals surface area (Å²) in [6.45, 7) is 9.04. The van der Waals surface area contributed by atoms with Crippen molar-refractivity contribution in [1.29, 1.82) is 0 Å². The molecule has 2 heteroatoms. The minimum absolute atomic E-state index is 0.244. The van der Waals surface area contributed by atoms with Gasteiger partial charge in [-0.05, 0) is 5.41 Å². The molecular formula is C8H15O2-. The van der Waals surface area contributed by atoms with Crippen LogP contribution in [0.15, 0.2) is 0 Å². The van der Waals surface area contributed by atoms with Crippen molar-refractivity contribution >= 4 is 5.97 Å². The van der Waals surface area contributed by atoms with Gasteiger partial charge >= 0.3 is 0 Å². The molecule has 0 aliphatic carbocycles. The van der Waals surface area contributed by atoms with Crippen molar-refractivity contribution in [3.63, 3.8) is 0 Å². The molecule has 0 spiro atoms. The number of carboxylic acids is 1. The minimum Gasteiger partial charge on any atom is -0.550 e. The largest absolute Gasteiger partial charge is 0.550 e. The smallest absolute Gasteiger partial charge is 0.0475 e. The Labute approximate surface area is 62.2 Å². The second-order valence-corrected chi connectivity index (χ2v) is 4.16. The standard InChI is InChI=1S/C8H16O2/c1-7(2,3)8(4,5)6(9)10/h1-5H3,(H,9,10)/p-1. The summed E-state index contributed by atoms with van der Waals surface area (Å²) in [5.41, 5.74) is -1.00. The lowest BCUT2D eigenvalue weighted by Crippen LogP contribution is -2.46.